The largest absolute Gasteiger partial charge is 0.159 e. The standard InChI is InChI=1S/C14H22N2/c1-14(2)8-4-3-6-12-10-15-16-11-13(12)7-5-9-14/h10-11H,3-9H2,1-2H3. The first-order chi connectivity index (χ1) is 7.67. The number of aryl methyl sites for hydroxylation is 2. The maximum absolute atomic E-state index is 4.01. The number of fused-ring (bicyclic) bond motifs is 1. The molecule has 0 aromatic carbocycles. The van der Waals surface area contributed by atoms with Crippen LogP contribution < -0.4 is 0 Å². The first-order valence-corrected chi connectivity index (χ1v) is 6.46. The summed E-state index contributed by atoms with van der Waals surface area (Å²) in [4.78, 5) is 0. The molecule has 0 fully saturated rings. The fourth-order valence-corrected chi connectivity index (χ4v) is 2.62. The van der Waals surface area contributed by atoms with E-state index < -0.39 is 0 Å². The zero-order chi connectivity index (χ0) is 11.4. The average Bonchev–Trinajstić information content (AvgIpc) is 2.26. The highest BCUT2D eigenvalue weighted by Gasteiger charge is 2.18. The third kappa shape index (κ3) is 3.03. The van der Waals surface area contributed by atoms with E-state index in [4.69, 9.17) is 0 Å². The third-order valence-corrected chi connectivity index (χ3v) is 3.76. The van der Waals surface area contributed by atoms with Gasteiger partial charge < -0.3 is 0 Å². The fourth-order valence-electron chi connectivity index (χ4n) is 2.62. The summed E-state index contributed by atoms with van der Waals surface area (Å²) in [5.41, 5.74) is 3.38. The smallest absolute Gasteiger partial charge is 0.0530 e. The van der Waals surface area contributed by atoms with E-state index in [-0.39, 0.29) is 0 Å². The van der Waals surface area contributed by atoms with Gasteiger partial charge in [-0.3, -0.25) is 0 Å². The van der Waals surface area contributed by atoms with Gasteiger partial charge in [-0.05, 0) is 55.1 Å². The number of rotatable bonds is 0. The maximum atomic E-state index is 4.01. The summed E-state index contributed by atoms with van der Waals surface area (Å²) in [6, 6.07) is 0. The van der Waals surface area contributed by atoms with Crippen molar-refractivity contribution in [2.24, 2.45) is 5.41 Å². The number of hydrogen-bond acceptors (Lipinski definition) is 2. The van der Waals surface area contributed by atoms with E-state index in [2.05, 4.69) is 24.0 Å². The van der Waals surface area contributed by atoms with Crippen molar-refractivity contribution < 1.29 is 0 Å². The molecule has 0 atom stereocenters. The molecule has 0 aliphatic heterocycles. The van der Waals surface area contributed by atoms with Gasteiger partial charge in [-0.2, -0.15) is 10.2 Å². The van der Waals surface area contributed by atoms with Crippen LogP contribution in [0.25, 0.3) is 0 Å². The molecule has 1 aromatic rings. The molecule has 0 radical (unpaired) electrons. The Balaban J connectivity index is 2.10. The van der Waals surface area contributed by atoms with E-state index in [1.54, 1.807) is 0 Å². The summed E-state index contributed by atoms with van der Waals surface area (Å²) >= 11 is 0. The minimum Gasteiger partial charge on any atom is -0.159 e. The normalized spacial score (nSPS) is 21.1. The first-order valence-electron chi connectivity index (χ1n) is 6.46. The topological polar surface area (TPSA) is 25.8 Å². The Labute approximate surface area is 98.5 Å². The lowest BCUT2D eigenvalue weighted by Crippen LogP contribution is -2.13. The van der Waals surface area contributed by atoms with Crippen LogP contribution in [0.15, 0.2) is 12.4 Å². The van der Waals surface area contributed by atoms with Crippen LogP contribution in [-0.2, 0) is 12.8 Å². The SMILES string of the molecule is CC1(C)CCCCc2cnncc2CCC1. The predicted octanol–water partition coefficient (Wildman–Crippen LogP) is 3.55. The summed E-state index contributed by atoms with van der Waals surface area (Å²) in [7, 11) is 0. The summed E-state index contributed by atoms with van der Waals surface area (Å²) in [5, 5.41) is 8.01. The van der Waals surface area contributed by atoms with Crippen LogP contribution in [0.1, 0.15) is 57.1 Å². The average molecular weight is 218 g/mol. The highest BCUT2D eigenvalue weighted by molar-refractivity contribution is 5.21. The number of nitrogens with zero attached hydrogens (tertiary/aromatic N) is 2. The molecule has 1 aliphatic carbocycles. The third-order valence-electron chi connectivity index (χ3n) is 3.76. The summed E-state index contributed by atoms with van der Waals surface area (Å²) in [6.07, 6.45) is 12.9. The Morgan fingerprint density at radius 1 is 0.875 bits per heavy atom. The zero-order valence-corrected chi connectivity index (χ0v) is 10.5. The molecule has 88 valence electrons. The van der Waals surface area contributed by atoms with Gasteiger partial charge in [0.2, 0.25) is 0 Å². The quantitative estimate of drug-likeness (QED) is 0.665. The van der Waals surface area contributed by atoms with Gasteiger partial charge in [0.1, 0.15) is 0 Å². The van der Waals surface area contributed by atoms with Gasteiger partial charge >= 0.3 is 0 Å². The van der Waals surface area contributed by atoms with Crippen molar-refractivity contribution in [3.8, 4) is 0 Å². The van der Waals surface area contributed by atoms with E-state index in [0.717, 1.165) is 0 Å². The first kappa shape index (κ1) is 11.6. The van der Waals surface area contributed by atoms with Gasteiger partial charge in [0.15, 0.2) is 0 Å². The minimum absolute atomic E-state index is 0.526. The Morgan fingerprint density at radius 3 is 2.12 bits per heavy atom. The Hall–Kier alpha value is -0.920. The van der Waals surface area contributed by atoms with Gasteiger partial charge in [-0.25, -0.2) is 0 Å². The van der Waals surface area contributed by atoms with Crippen molar-refractivity contribution in [1.29, 1.82) is 0 Å². The lowest BCUT2D eigenvalue weighted by atomic mass is 9.80. The number of aromatic nitrogens is 2. The van der Waals surface area contributed by atoms with Crippen LogP contribution in [0.4, 0.5) is 0 Å². The van der Waals surface area contributed by atoms with Crippen molar-refractivity contribution >= 4 is 0 Å². The van der Waals surface area contributed by atoms with E-state index >= 15 is 0 Å². The van der Waals surface area contributed by atoms with Gasteiger partial charge in [0, 0.05) is 0 Å². The number of hydrogen-bond donors (Lipinski definition) is 0. The van der Waals surface area contributed by atoms with Crippen LogP contribution in [0, 0.1) is 5.41 Å². The second kappa shape index (κ2) is 4.94. The Morgan fingerprint density at radius 2 is 1.44 bits per heavy atom. The van der Waals surface area contributed by atoms with Crippen molar-refractivity contribution in [2.75, 3.05) is 0 Å². The lowest BCUT2D eigenvalue weighted by molar-refractivity contribution is 0.286. The summed E-state index contributed by atoms with van der Waals surface area (Å²) < 4.78 is 0. The molecule has 0 amide bonds. The molecule has 1 aromatic heterocycles. The highest BCUT2D eigenvalue weighted by atomic mass is 15.1. The molecule has 0 spiro atoms. The van der Waals surface area contributed by atoms with Crippen molar-refractivity contribution in [2.45, 2.75) is 58.8 Å². The maximum Gasteiger partial charge on any atom is 0.0530 e. The van der Waals surface area contributed by atoms with Crippen LogP contribution in [-0.4, -0.2) is 10.2 Å². The molecule has 0 saturated heterocycles. The van der Waals surface area contributed by atoms with Crippen LogP contribution >= 0.6 is 0 Å². The summed E-state index contributed by atoms with van der Waals surface area (Å²) in [6.45, 7) is 4.81. The van der Waals surface area contributed by atoms with E-state index in [1.165, 1.54) is 56.1 Å². The fraction of sp³-hybridized carbons (Fsp3) is 0.714. The second-order valence-electron chi connectivity index (χ2n) is 5.76. The molecule has 1 heterocycles. The molecule has 0 bridgehead atoms. The molecule has 0 unspecified atom stereocenters. The van der Waals surface area contributed by atoms with E-state index in [1.807, 2.05) is 12.4 Å². The predicted molar refractivity (Wildman–Crippen MR) is 66.3 cm³/mol. The minimum atomic E-state index is 0.526. The van der Waals surface area contributed by atoms with Gasteiger partial charge in [0.25, 0.3) is 0 Å². The molecule has 16 heavy (non-hydrogen) atoms. The molecular formula is C14H22N2. The molecule has 2 rings (SSSR count). The lowest BCUT2D eigenvalue weighted by Gasteiger charge is -2.25. The van der Waals surface area contributed by atoms with E-state index in [9.17, 15) is 0 Å². The molecular weight excluding hydrogens is 196 g/mol. The van der Waals surface area contributed by atoms with Crippen LogP contribution in [0.3, 0.4) is 0 Å². The Bertz CT molecular complexity index is 344. The second-order valence-corrected chi connectivity index (χ2v) is 5.76. The highest BCUT2D eigenvalue weighted by Crippen LogP contribution is 2.31. The molecule has 0 N–H and O–H groups in total. The van der Waals surface area contributed by atoms with Gasteiger partial charge in [0.05, 0.1) is 12.4 Å². The van der Waals surface area contributed by atoms with Gasteiger partial charge in [-0.1, -0.05) is 20.3 Å². The van der Waals surface area contributed by atoms with Crippen molar-refractivity contribution in [1.82, 2.24) is 10.2 Å². The summed E-state index contributed by atoms with van der Waals surface area (Å²) in [5.74, 6) is 0. The molecule has 1 aliphatic rings. The molecule has 0 saturated carbocycles. The van der Waals surface area contributed by atoms with Crippen LogP contribution in [0.5, 0.6) is 0 Å². The zero-order valence-electron chi connectivity index (χ0n) is 10.5. The Kier molecular flexibility index (Phi) is 3.57. The molecule has 2 nitrogen and oxygen atoms in total. The van der Waals surface area contributed by atoms with Gasteiger partial charge in [-0.15, -0.1) is 0 Å². The van der Waals surface area contributed by atoms with Crippen LogP contribution in [0.2, 0.25) is 0 Å². The molecule has 2 heteroatoms. The van der Waals surface area contributed by atoms with E-state index in [0.29, 0.717) is 5.41 Å². The van der Waals surface area contributed by atoms with Crippen molar-refractivity contribution in [3.63, 3.8) is 0 Å². The monoisotopic (exact) mass is 218 g/mol. The van der Waals surface area contributed by atoms with Crippen molar-refractivity contribution in [3.05, 3.63) is 23.5 Å².